The molecule has 0 bridgehead atoms. The van der Waals surface area contributed by atoms with Gasteiger partial charge < -0.3 is 4.74 Å². The molecule has 0 aliphatic heterocycles. The molecule has 1 aliphatic carbocycles. The zero-order valence-electron chi connectivity index (χ0n) is 14.1. The van der Waals surface area contributed by atoms with E-state index in [1.165, 1.54) is 19.2 Å². The summed E-state index contributed by atoms with van der Waals surface area (Å²) < 4.78 is 43.0. The number of ketones is 1. The normalized spacial score (nSPS) is 19.3. The largest absolute Gasteiger partial charge is 0.469 e. The molecule has 136 valence electrons. The maximum atomic E-state index is 13.0. The average Bonchev–Trinajstić information content (AvgIpc) is 2.87. The number of ether oxygens (including phenoxy) is 1. The fourth-order valence-corrected chi connectivity index (χ4v) is 3.53. The zero-order valence-corrected chi connectivity index (χ0v) is 14.1. The lowest BCUT2D eigenvalue weighted by Gasteiger charge is -2.26. The smallest absolute Gasteiger partial charge is 0.416 e. The Morgan fingerprint density at radius 2 is 1.77 bits per heavy atom. The Labute approximate surface area is 148 Å². The van der Waals surface area contributed by atoms with Crippen LogP contribution in [0.25, 0.3) is 0 Å². The minimum atomic E-state index is -4.42. The van der Waals surface area contributed by atoms with Gasteiger partial charge >= 0.3 is 12.1 Å². The predicted octanol–water partition coefficient (Wildman–Crippen LogP) is 4.24. The Bertz CT molecular complexity index is 840. The fraction of sp³-hybridized carbons (Fsp3) is 0.300. The van der Waals surface area contributed by atoms with Crippen LogP contribution in [0.4, 0.5) is 13.2 Å². The second-order valence-corrected chi connectivity index (χ2v) is 6.57. The third-order valence-electron chi connectivity index (χ3n) is 4.81. The highest BCUT2D eigenvalue weighted by molar-refractivity contribution is 6.06. The lowest BCUT2D eigenvalue weighted by molar-refractivity contribution is -0.142. The van der Waals surface area contributed by atoms with E-state index >= 15 is 0 Å². The molecule has 3 nitrogen and oxygen atoms in total. The molecule has 2 aromatic carbocycles. The van der Waals surface area contributed by atoms with Gasteiger partial charge in [0, 0.05) is 5.56 Å². The number of halogens is 3. The molecule has 0 saturated heterocycles. The van der Waals surface area contributed by atoms with Crippen LogP contribution in [0.5, 0.6) is 0 Å². The molecule has 1 aliphatic rings. The molecule has 0 N–H and O–H groups in total. The molecule has 6 heteroatoms. The van der Waals surface area contributed by atoms with Gasteiger partial charge in [-0.2, -0.15) is 13.2 Å². The van der Waals surface area contributed by atoms with Crippen molar-refractivity contribution in [2.45, 2.75) is 25.4 Å². The van der Waals surface area contributed by atoms with Crippen LogP contribution in [-0.4, -0.2) is 18.9 Å². The minimum Gasteiger partial charge on any atom is -0.469 e. The van der Waals surface area contributed by atoms with Crippen LogP contribution in [0.2, 0.25) is 0 Å². The molecule has 0 spiro atoms. The molecule has 0 radical (unpaired) electrons. The summed E-state index contributed by atoms with van der Waals surface area (Å²) in [6.45, 7) is 0. The first kappa shape index (κ1) is 18.2. The molecule has 1 atom stereocenters. The summed E-state index contributed by atoms with van der Waals surface area (Å²) in [7, 11) is 1.25. The van der Waals surface area contributed by atoms with Crippen LogP contribution in [0.3, 0.4) is 0 Å². The highest BCUT2D eigenvalue weighted by Gasteiger charge is 2.47. The van der Waals surface area contributed by atoms with Crippen LogP contribution in [0.15, 0.2) is 48.5 Å². The lowest BCUT2D eigenvalue weighted by Crippen LogP contribution is -2.34. The minimum absolute atomic E-state index is 0.113. The summed E-state index contributed by atoms with van der Waals surface area (Å²) in [4.78, 5) is 24.9. The van der Waals surface area contributed by atoms with Crippen molar-refractivity contribution >= 4 is 11.8 Å². The molecule has 3 rings (SSSR count). The molecule has 0 saturated carbocycles. The number of hydrogen-bond acceptors (Lipinski definition) is 3. The number of benzene rings is 2. The maximum absolute atomic E-state index is 13.0. The summed E-state index contributed by atoms with van der Waals surface area (Å²) in [5.41, 5.74) is 0.195. The average molecular weight is 362 g/mol. The van der Waals surface area contributed by atoms with Gasteiger partial charge in [0.25, 0.3) is 0 Å². The first-order chi connectivity index (χ1) is 12.2. The SMILES string of the molecule is COC(=O)C[C@]1(Cc2ccc(C(F)(F)F)cc2)Cc2ccccc2C1=O. The Hall–Kier alpha value is -2.63. The lowest BCUT2D eigenvalue weighted by atomic mass is 9.75. The second kappa shape index (κ2) is 6.59. The quantitative estimate of drug-likeness (QED) is 0.765. The van der Waals surface area contributed by atoms with Crippen molar-refractivity contribution in [3.8, 4) is 0 Å². The van der Waals surface area contributed by atoms with Crippen molar-refractivity contribution in [2.24, 2.45) is 5.41 Å². The first-order valence-electron chi connectivity index (χ1n) is 8.11. The Kier molecular flexibility index (Phi) is 4.61. The van der Waals surface area contributed by atoms with Crippen LogP contribution < -0.4 is 0 Å². The van der Waals surface area contributed by atoms with Crippen LogP contribution in [0.1, 0.15) is 33.5 Å². The van der Waals surface area contributed by atoms with Gasteiger partial charge in [0.15, 0.2) is 5.78 Å². The Balaban J connectivity index is 1.94. The van der Waals surface area contributed by atoms with E-state index in [0.29, 0.717) is 17.5 Å². The van der Waals surface area contributed by atoms with E-state index in [4.69, 9.17) is 4.74 Å². The van der Waals surface area contributed by atoms with E-state index in [1.807, 2.05) is 12.1 Å². The van der Waals surface area contributed by atoms with E-state index < -0.39 is 23.1 Å². The van der Waals surface area contributed by atoms with Crippen molar-refractivity contribution in [1.82, 2.24) is 0 Å². The number of alkyl halides is 3. The second-order valence-electron chi connectivity index (χ2n) is 6.57. The van der Waals surface area contributed by atoms with Crippen molar-refractivity contribution in [3.05, 3.63) is 70.8 Å². The number of esters is 1. The number of hydrogen-bond donors (Lipinski definition) is 0. The first-order valence-corrected chi connectivity index (χ1v) is 8.11. The summed E-state index contributed by atoms with van der Waals surface area (Å²) in [6, 6.07) is 11.8. The molecular formula is C20H17F3O3. The zero-order chi connectivity index (χ0) is 18.9. The van der Waals surface area contributed by atoms with Crippen LogP contribution in [0, 0.1) is 5.41 Å². The summed E-state index contributed by atoms with van der Waals surface area (Å²) in [5.74, 6) is -0.684. The van der Waals surface area contributed by atoms with Crippen molar-refractivity contribution < 1.29 is 27.5 Å². The topological polar surface area (TPSA) is 43.4 Å². The standard InChI is InChI=1S/C20H17F3O3/c1-26-17(24)12-19(11-14-4-2-3-5-16(14)18(19)25)10-13-6-8-15(9-7-13)20(21,22)23/h2-9H,10-12H2,1H3/t19-/m0/s1. The molecule has 0 aromatic heterocycles. The Morgan fingerprint density at radius 3 is 2.35 bits per heavy atom. The maximum Gasteiger partial charge on any atom is 0.416 e. The third kappa shape index (κ3) is 3.36. The highest BCUT2D eigenvalue weighted by atomic mass is 19.4. The molecular weight excluding hydrogens is 345 g/mol. The number of rotatable bonds is 4. The van der Waals surface area contributed by atoms with E-state index in [9.17, 15) is 22.8 Å². The summed E-state index contributed by atoms with van der Waals surface area (Å²) >= 11 is 0. The summed E-state index contributed by atoms with van der Waals surface area (Å²) in [6.07, 6.45) is -3.99. The summed E-state index contributed by atoms with van der Waals surface area (Å²) in [5, 5.41) is 0. The van der Waals surface area contributed by atoms with Crippen molar-refractivity contribution in [1.29, 1.82) is 0 Å². The number of fused-ring (bicyclic) bond motifs is 1. The number of carbonyl (C=O) groups excluding carboxylic acids is 2. The Morgan fingerprint density at radius 1 is 1.12 bits per heavy atom. The number of Topliss-reactive ketones (excluding diaryl/α,β-unsaturated/α-hetero) is 1. The van der Waals surface area contributed by atoms with Gasteiger partial charge in [-0.1, -0.05) is 36.4 Å². The molecule has 0 unspecified atom stereocenters. The molecule has 26 heavy (non-hydrogen) atoms. The molecule has 0 fully saturated rings. The van der Waals surface area contributed by atoms with Gasteiger partial charge in [0.05, 0.1) is 24.5 Å². The number of methoxy groups -OCH3 is 1. The number of carbonyl (C=O) groups is 2. The highest BCUT2D eigenvalue weighted by Crippen LogP contribution is 2.42. The fourth-order valence-electron chi connectivity index (χ4n) is 3.53. The monoisotopic (exact) mass is 362 g/mol. The van der Waals surface area contributed by atoms with Gasteiger partial charge in [-0.25, -0.2) is 0 Å². The van der Waals surface area contributed by atoms with Crippen LogP contribution in [-0.2, 0) is 28.5 Å². The van der Waals surface area contributed by atoms with E-state index in [1.54, 1.807) is 12.1 Å². The third-order valence-corrected chi connectivity index (χ3v) is 4.81. The van der Waals surface area contributed by atoms with Gasteiger partial charge in [-0.15, -0.1) is 0 Å². The molecule has 2 aromatic rings. The predicted molar refractivity (Wildman–Crippen MR) is 88.7 cm³/mol. The molecule has 0 amide bonds. The van der Waals surface area contributed by atoms with Gasteiger partial charge in [0.1, 0.15) is 0 Å². The van der Waals surface area contributed by atoms with Gasteiger partial charge in [-0.3, -0.25) is 9.59 Å². The van der Waals surface area contributed by atoms with E-state index in [-0.39, 0.29) is 18.6 Å². The van der Waals surface area contributed by atoms with Gasteiger partial charge in [0.2, 0.25) is 0 Å². The van der Waals surface area contributed by atoms with Crippen LogP contribution >= 0.6 is 0 Å². The van der Waals surface area contributed by atoms with Gasteiger partial charge in [-0.05, 0) is 36.1 Å². The van der Waals surface area contributed by atoms with Crippen molar-refractivity contribution in [2.75, 3.05) is 7.11 Å². The molecule has 0 heterocycles. The van der Waals surface area contributed by atoms with Crippen molar-refractivity contribution in [3.63, 3.8) is 0 Å². The van der Waals surface area contributed by atoms with E-state index in [2.05, 4.69) is 0 Å². The van der Waals surface area contributed by atoms with E-state index in [0.717, 1.165) is 17.7 Å².